The van der Waals surface area contributed by atoms with E-state index in [0.29, 0.717) is 17.6 Å². The maximum absolute atomic E-state index is 5.96. The molecule has 4 heteroatoms. The van der Waals surface area contributed by atoms with E-state index in [1.807, 2.05) is 12.1 Å². The molecule has 0 bridgehead atoms. The molecule has 0 atom stereocenters. The van der Waals surface area contributed by atoms with E-state index in [0.717, 1.165) is 31.3 Å². The van der Waals surface area contributed by atoms with Gasteiger partial charge in [0.2, 0.25) is 5.88 Å². The first-order valence-electron chi connectivity index (χ1n) is 7.44. The number of aromatic nitrogens is 1. The molecule has 1 aromatic heterocycles. The first-order valence-corrected chi connectivity index (χ1v) is 7.44. The van der Waals surface area contributed by atoms with Crippen molar-refractivity contribution in [3.05, 3.63) is 12.1 Å². The number of nitrogen functional groups attached to an aromatic ring is 1. The number of anilines is 2. The van der Waals surface area contributed by atoms with Gasteiger partial charge < -0.3 is 15.4 Å². The van der Waals surface area contributed by atoms with Crippen LogP contribution in [0.2, 0.25) is 0 Å². The van der Waals surface area contributed by atoms with Crippen molar-refractivity contribution in [1.29, 1.82) is 0 Å². The van der Waals surface area contributed by atoms with Crippen LogP contribution >= 0.6 is 0 Å². The number of hydrogen-bond donors (Lipinski definition) is 1. The zero-order chi connectivity index (χ0) is 13.2. The molecule has 0 unspecified atom stereocenters. The van der Waals surface area contributed by atoms with Crippen LogP contribution in [0, 0.1) is 5.92 Å². The minimum Gasteiger partial charge on any atom is -0.476 e. The molecule has 2 aliphatic carbocycles. The predicted molar refractivity (Wildman–Crippen MR) is 77.5 cm³/mol. The topological polar surface area (TPSA) is 51.4 Å². The standard InChI is InChI=1S/C15H23N3O/c1-2-9-18(12-5-6-12)14-8-7-13(16)15(17-14)19-10-11-3-4-11/h7-8,11-12H,2-6,9-10,16H2,1H3. The number of rotatable bonds is 7. The Morgan fingerprint density at radius 2 is 2.11 bits per heavy atom. The first kappa shape index (κ1) is 12.6. The average molecular weight is 261 g/mol. The molecule has 1 heterocycles. The summed E-state index contributed by atoms with van der Waals surface area (Å²) in [6, 6.07) is 4.62. The maximum atomic E-state index is 5.96. The molecule has 19 heavy (non-hydrogen) atoms. The Kier molecular flexibility index (Phi) is 3.49. The monoisotopic (exact) mass is 261 g/mol. The highest BCUT2D eigenvalue weighted by atomic mass is 16.5. The van der Waals surface area contributed by atoms with Crippen LogP contribution in [0.15, 0.2) is 12.1 Å². The molecular formula is C15H23N3O. The van der Waals surface area contributed by atoms with Gasteiger partial charge in [-0.05, 0) is 50.2 Å². The minimum atomic E-state index is 0.617. The molecule has 0 amide bonds. The fourth-order valence-electron chi connectivity index (χ4n) is 2.31. The Balaban J connectivity index is 1.73. The van der Waals surface area contributed by atoms with Gasteiger partial charge in [0, 0.05) is 12.6 Å². The van der Waals surface area contributed by atoms with Crippen molar-refractivity contribution in [2.45, 2.75) is 45.1 Å². The molecule has 0 aromatic carbocycles. The number of hydrogen-bond acceptors (Lipinski definition) is 4. The van der Waals surface area contributed by atoms with E-state index in [1.165, 1.54) is 25.7 Å². The summed E-state index contributed by atoms with van der Waals surface area (Å²) in [4.78, 5) is 7.02. The van der Waals surface area contributed by atoms with Gasteiger partial charge in [-0.2, -0.15) is 4.98 Å². The molecule has 2 aliphatic rings. The lowest BCUT2D eigenvalue weighted by Gasteiger charge is -2.23. The second kappa shape index (κ2) is 5.27. The summed E-state index contributed by atoms with van der Waals surface area (Å²) in [7, 11) is 0. The summed E-state index contributed by atoms with van der Waals surface area (Å²) < 4.78 is 5.77. The summed E-state index contributed by atoms with van der Waals surface area (Å²) in [5.41, 5.74) is 6.61. The van der Waals surface area contributed by atoms with E-state index in [2.05, 4.69) is 16.8 Å². The van der Waals surface area contributed by atoms with E-state index in [1.54, 1.807) is 0 Å². The highest BCUT2D eigenvalue weighted by Crippen LogP contribution is 2.34. The molecule has 1 aromatic rings. The molecule has 3 rings (SSSR count). The van der Waals surface area contributed by atoms with Gasteiger partial charge in [0.1, 0.15) is 5.82 Å². The lowest BCUT2D eigenvalue weighted by atomic mass is 10.3. The average Bonchev–Trinajstić information content (AvgIpc) is 3.28. The lowest BCUT2D eigenvalue weighted by molar-refractivity contribution is 0.290. The van der Waals surface area contributed by atoms with Crippen LogP contribution in [0.3, 0.4) is 0 Å². The summed E-state index contributed by atoms with van der Waals surface area (Å²) >= 11 is 0. The van der Waals surface area contributed by atoms with Crippen LogP contribution < -0.4 is 15.4 Å². The summed E-state index contributed by atoms with van der Waals surface area (Å²) in [6.07, 6.45) is 6.27. The van der Waals surface area contributed by atoms with E-state index in [9.17, 15) is 0 Å². The Hall–Kier alpha value is -1.45. The van der Waals surface area contributed by atoms with Gasteiger partial charge in [-0.3, -0.25) is 0 Å². The Labute approximate surface area is 115 Å². The molecule has 2 N–H and O–H groups in total. The third-order valence-corrected chi connectivity index (χ3v) is 3.77. The van der Waals surface area contributed by atoms with Crippen LogP contribution in [-0.2, 0) is 0 Å². The summed E-state index contributed by atoms with van der Waals surface area (Å²) in [5.74, 6) is 2.36. The molecule has 0 spiro atoms. The normalized spacial score (nSPS) is 18.4. The molecule has 0 aliphatic heterocycles. The molecular weight excluding hydrogens is 238 g/mol. The van der Waals surface area contributed by atoms with Gasteiger partial charge in [0.15, 0.2) is 0 Å². The van der Waals surface area contributed by atoms with Crippen molar-refractivity contribution in [3.63, 3.8) is 0 Å². The van der Waals surface area contributed by atoms with E-state index in [-0.39, 0.29) is 0 Å². The third-order valence-electron chi connectivity index (χ3n) is 3.77. The van der Waals surface area contributed by atoms with E-state index >= 15 is 0 Å². The highest BCUT2D eigenvalue weighted by Gasteiger charge is 2.30. The van der Waals surface area contributed by atoms with Crippen molar-refractivity contribution in [2.24, 2.45) is 5.92 Å². The van der Waals surface area contributed by atoms with Crippen LogP contribution in [-0.4, -0.2) is 24.2 Å². The van der Waals surface area contributed by atoms with Crippen molar-refractivity contribution in [2.75, 3.05) is 23.8 Å². The zero-order valence-corrected chi connectivity index (χ0v) is 11.6. The largest absolute Gasteiger partial charge is 0.476 e. The van der Waals surface area contributed by atoms with Gasteiger partial charge in [-0.15, -0.1) is 0 Å². The molecule has 0 radical (unpaired) electrons. The molecule has 4 nitrogen and oxygen atoms in total. The predicted octanol–water partition coefficient (Wildman–Crippen LogP) is 2.83. The highest BCUT2D eigenvalue weighted by molar-refractivity contribution is 5.55. The van der Waals surface area contributed by atoms with E-state index in [4.69, 9.17) is 10.5 Å². The fraction of sp³-hybridized carbons (Fsp3) is 0.667. The number of pyridine rings is 1. The number of nitrogens with zero attached hydrogens (tertiary/aromatic N) is 2. The van der Waals surface area contributed by atoms with Crippen LogP contribution in [0.1, 0.15) is 39.0 Å². The SMILES string of the molecule is CCCN(c1ccc(N)c(OCC2CC2)n1)C1CC1. The van der Waals surface area contributed by atoms with Crippen molar-refractivity contribution >= 4 is 11.5 Å². The second-order valence-electron chi connectivity index (χ2n) is 5.74. The molecule has 2 fully saturated rings. The quantitative estimate of drug-likeness (QED) is 0.820. The number of ether oxygens (including phenoxy) is 1. The second-order valence-corrected chi connectivity index (χ2v) is 5.74. The van der Waals surface area contributed by atoms with Crippen molar-refractivity contribution in [1.82, 2.24) is 4.98 Å². The van der Waals surface area contributed by atoms with Gasteiger partial charge in [0.05, 0.1) is 12.3 Å². The fourth-order valence-corrected chi connectivity index (χ4v) is 2.31. The smallest absolute Gasteiger partial charge is 0.239 e. The zero-order valence-electron chi connectivity index (χ0n) is 11.6. The minimum absolute atomic E-state index is 0.617. The third kappa shape index (κ3) is 3.11. The summed E-state index contributed by atoms with van der Waals surface area (Å²) in [6.45, 7) is 4.03. The van der Waals surface area contributed by atoms with Crippen LogP contribution in [0.5, 0.6) is 5.88 Å². The van der Waals surface area contributed by atoms with Gasteiger partial charge in [-0.25, -0.2) is 0 Å². The first-order chi connectivity index (χ1) is 9.28. The number of nitrogens with two attached hydrogens (primary N) is 1. The lowest BCUT2D eigenvalue weighted by Crippen LogP contribution is -2.27. The Morgan fingerprint density at radius 3 is 2.74 bits per heavy atom. The molecule has 2 saturated carbocycles. The molecule has 104 valence electrons. The van der Waals surface area contributed by atoms with Crippen LogP contribution in [0.4, 0.5) is 11.5 Å². The molecule has 0 saturated heterocycles. The van der Waals surface area contributed by atoms with Gasteiger partial charge >= 0.3 is 0 Å². The van der Waals surface area contributed by atoms with Crippen molar-refractivity contribution in [3.8, 4) is 5.88 Å². The van der Waals surface area contributed by atoms with Gasteiger partial charge in [0.25, 0.3) is 0 Å². The van der Waals surface area contributed by atoms with Gasteiger partial charge in [-0.1, -0.05) is 6.92 Å². The van der Waals surface area contributed by atoms with E-state index < -0.39 is 0 Å². The Bertz CT molecular complexity index is 441. The van der Waals surface area contributed by atoms with Crippen LogP contribution in [0.25, 0.3) is 0 Å². The Morgan fingerprint density at radius 1 is 1.32 bits per heavy atom. The summed E-state index contributed by atoms with van der Waals surface area (Å²) in [5, 5.41) is 0. The van der Waals surface area contributed by atoms with Crippen molar-refractivity contribution < 1.29 is 4.74 Å². The maximum Gasteiger partial charge on any atom is 0.239 e.